The number of nitrogens with two attached hydrogens (primary N) is 1. The predicted molar refractivity (Wildman–Crippen MR) is 73.1 cm³/mol. The summed E-state index contributed by atoms with van der Waals surface area (Å²) >= 11 is 0. The minimum absolute atomic E-state index is 0.361. The van der Waals surface area contributed by atoms with Crippen molar-refractivity contribution in [3.8, 4) is 0 Å². The number of methoxy groups -OCH3 is 1. The summed E-state index contributed by atoms with van der Waals surface area (Å²) in [7, 11) is 1.83. The van der Waals surface area contributed by atoms with Crippen molar-refractivity contribution < 1.29 is 4.74 Å². The monoisotopic (exact) mass is 242 g/mol. The lowest BCUT2D eigenvalue weighted by atomic mass is 10.00. The minimum atomic E-state index is 0.361. The van der Waals surface area contributed by atoms with Crippen molar-refractivity contribution in [3.63, 3.8) is 0 Å². The summed E-state index contributed by atoms with van der Waals surface area (Å²) in [4.78, 5) is 2.59. The Morgan fingerprint density at radius 1 is 1.24 bits per heavy atom. The van der Waals surface area contributed by atoms with Crippen LogP contribution in [0.1, 0.15) is 46.0 Å². The first-order valence-corrected chi connectivity index (χ1v) is 7.12. The van der Waals surface area contributed by atoms with Crippen molar-refractivity contribution in [2.24, 2.45) is 11.7 Å². The van der Waals surface area contributed by atoms with E-state index in [0.29, 0.717) is 12.1 Å². The molecule has 1 saturated heterocycles. The van der Waals surface area contributed by atoms with E-state index in [4.69, 9.17) is 10.5 Å². The largest absolute Gasteiger partial charge is 0.381 e. The molecule has 1 heterocycles. The Morgan fingerprint density at radius 3 is 2.41 bits per heavy atom. The van der Waals surface area contributed by atoms with Gasteiger partial charge in [0, 0.05) is 32.8 Å². The molecule has 0 aromatic carbocycles. The van der Waals surface area contributed by atoms with E-state index in [1.807, 2.05) is 7.11 Å². The smallest absolute Gasteiger partial charge is 0.0595 e. The molecule has 1 fully saturated rings. The second kappa shape index (κ2) is 8.06. The van der Waals surface area contributed by atoms with E-state index in [1.54, 1.807) is 0 Å². The van der Waals surface area contributed by atoms with Gasteiger partial charge in [0.1, 0.15) is 0 Å². The zero-order chi connectivity index (χ0) is 12.7. The zero-order valence-electron chi connectivity index (χ0n) is 11.8. The highest BCUT2D eigenvalue weighted by atomic mass is 16.5. The molecule has 0 aromatic heterocycles. The second-order valence-electron chi connectivity index (χ2n) is 5.75. The van der Waals surface area contributed by atoms with Crippen LogP contribution in [0.15, 0.2) is 0 Å². The topological polar surface area (TPSA) is 38.5 Å². The van der Waals surface area contributed by atoms with Crippen molar-refractivity contribution in [2.45, 2.75) is 58.1 Å². The molecular weight excluding hydrogens is 212 g/mol. The van der Waals surface area contributed by atoms with E-state index >= 15 is 0 Å². The van der Waals surface area contributed by atoms with Crippen molar-refractivity contribution >= 4 is 0 Å². The lowest BCUT2D eigenvalue weighted by Crippen LogP contribution is -2.39. The molecule has 1 rings (SSSR count). The maximum atomic E-state index is 5.77. The lowest BCUT2D eigenvalue weighted by Gasteiger charge is -2.32. The van der Waals surface area contributed by atoms with Gasteiger partial charge in [-0.05, 0) is 38.5 Å². The molecule has 17 heavy (non-hydrogen) atoms. The van der Waals surface area contributed by atoms with Gasteiger partial charge in [-0.2, -0.15) is 0 Å². The number of likely N-dealkylation sites (tertiary alicyclic amines) is 1. The molecule has 0 aliphatic carbocycles. The van der Waals surface area contributed by atoms with Crippen LogP contribution < -0.4 is 5.73 Å². The van der Waals surface area contributed by atoms with Gasteiger partial charge in [-0.15, -0.1) is 0 Å². The Kier molecular flexibility index (Phi) is 7.09. The molecular formula is C14H30N2O. The Bertz CT molecular complexity index is 189. The fourth-order valence-corrected chi connectivity index (χ4v) is 2.65. The second-order valence-corrected chi connectivity index (χ2v) is 5.75. The van der Waals surface area contributed by atoms with Gasteiger partial charge in [0.05, 0.1) is 6.10 Å². The fraction of sp³-hybridized carbons (Fsp3) is 1.00. The van der Waals surface area contributed by atoms with E-state index in [2.05, 4.69) is 18.7 Å². The maximum Gasteiger partial charge on any atom is 0.0595 e. The molecule has 0 saturated carbocycles. The molecule has 0 bridgehead atoms. The molecule has 0 radical (unpaired) electrons. The number of piperidine rings is 1. The van der Waals surface area contributed by atoms with Gasteiger partial charge >= 0.3 is 0 Å². The van der Waals surface area contributed by atoms with Gasteiger partial charge < -0.3 is 15.4 Å². The Hall–Kier alpha value is -0.120. The van der Waals surface area contributed by atoms with Gasteiger partial charge in [-0.3, -0.25) is 0 Å². The highest BCUT2D eigenvalue weighted by molar-refractivity contribution is 4.73. The van der Waals surface area contributed by atoms with Crippen molar-refractivity contribution in [1.82, 2.24) is 4.90 Å². The lowest BCUT2D eigenvalue weighted by molar-refractivity contribution is 0.0368. The average molecular weight is 242 g/mol. The van der Waals surface area contributed by atoms with Crippen LogP contribution in [0.3, 0.4) is 0 Å². The Morgan fingerprint density at radius 2 is 1.88 bits per heavy atom. The first-order chi connectivity index (χ1) is 8.11. The predicted octanol–water partition coefficient (Wildman–Crippen LogP) is 2.25. The van der Waals surface area contributed by atoms with E-state index in [-0.39, 0.29) is 0 Å². The summed E-state index contributed by atoms with van der Waals surface area (Å²) in [6, 6.07) is 0.361. The van der Waals surface area contributed by atoms with Crippen LogP contribution in [-0.2, 0) is 4.74 Å². The highest BCUT2D eigenvalue weighted by Crippen LogP contribution is 2.16. The van der Waals surface area contributed by atoms with Crippen LogP contribution in [0.25, 0.3) is 0 Å². The quantitative estimate of drug-likeness (QED) is 0.744. The molecule has 2 atom stereocenters. The third-order valence-electron chi connectivity index (χ3n) is 3.79. The molecule has 0 aromatic rings. The Labute approximate surface area is 107 Å². The van der Waals surface area contributed by atoms with Crippen LogP contribution in [0.5, 0.6) is 0 Å². The van der Waals surface area contributed by atoms with Crippen LogP contribution in [0.4, 0.5) is 0 Å². The molecule has 1 aliphatic heterocycles. The summed E-state index contributed by atoms with van der Waals surface area (Å²) in [5.41, 5.74) is 5.77. The van der Waals surface area contributed by atoms with Gasteiger partial charge in [0.15, 0.2) is 0 Å². The Balaban J connectivity index is 2.08. The first kappa shape index (κ1) is 14.9. The van der Waals surface area contributed by atoms with E-state index in [0.717, 1.165) is 12.3 Å². The van der Waals surface area contributed by atoms with Crippen molar-refractivity contribution in [3.05, 3.63) is 0 Å². The summed E-state index contributed by atoms with van der Waals surface area (Å²) in [6.45, 7) is 8.12. The van der Waals surface area contributed by atoms with E-state index in [9.17, 15) is 0 Å². The molecule has 2 N–H and O–H groups in total. The summed E-state index contributed by atoms with van der Waals surface area (Å²) in [6.07, 6.45) is 6.64. The van der Waals surface area contributed by atoms with E-state index in [1.165, 1.54) is 45.3 Å². The zero-order valence-corrected chi connectivity index (χ0v) is 11.8. The molecule has 0 spiro atoms. The summed E-state index contributed by atoms with van der Waals surface area (Å²) in [5, 5.41) is 0. The third kappa shape index (κ3) is 6.39. The van der Waals surface area contributed by atoms with Crippen LogP contribution in [0.2, 0.25) is 0 Å². The standard InChI is InChI=1S/C14H30N2O/c1-12(5-4-6-13(2)15)11-16-9-7-14(17-3)8-10-16/h12-14H,4-11,15H2,1-3H3. The van der Waals surface area contributed by atoms with E-state index < -0.39 is 0 Å². The number of nitrogens with zero attached hydrogens (tertiary/aromatic N) is 1. The van der Waals surface area contributed by atoms with Crippen LogP contribution in [-0.4, -0.2) is 43.8 Å². The maximum absolute atomic E-state index is 5.77. The molecule has 2 unspecified atom stereocenters. The van der Waals surface area contributed by atoms with Crippen LogP contribution in [0, 0.1) is 5.92 Å². The summed E-state index contributed by atoms with van der Waals surface area (Å²) in [5.74, 6) is 0.799. The molecule has 1 aliphatic rings. The van der Waals surface area contributed by atoms with Gasteiger partial charge in [-0.25, -0.2) is 0 Å². The number of hydrogen-bond acceptors (Lipinski definition) is 3. The minimum Gasteiger partial charge on any atom is -0.381 e. The van der Waals surface area contributed by atoms with Crippen molar-refractivity contribution in [2.75, 3.05) is 26.7 Å². The van der Waals surface area contributed by atoms with Gasteiger partial charge in [-0.1, -0.05) is 13.3 Å². The van der Waals surface area contributed by atoms with Gasteiger partial charge in [0.25, 0.3) is 0 Å². The number of ether oxygens (including phenoxy) is 1. The number of rotatable bonds is 7. The highest BCUT2D eigenvalue weighted by Gasteiger charge is 2.19. The summed E-state index contributed by atoms with van der Waals surface area (Å²) < 4.78 is 5.40. The van der Waals surface area contributed by atoms with Gasteiger partial charge in [0.2, 0.25) is 0 Å². The average Bonchev–Trinajstić information content (AvgIpc) is 2.29. The molecule has 3 heteroatoms. The number of hydrogen-bond donors (Lipinski definition) is 1. The SMILES string of the molecule is COC1CCN(CC(C)CCCC(C)N)CC1. The van der Waals surface area contributed by atoms with Crippen molar-refractivity contribution in [1.29, 1.82) is 0 Å². The fourth-order valence-electron chi connectivity index (χ4n) is 2.65. The van der Waals surface area contributed by atoms with Crippen LogP contribution >= 0.6 is 0 Å². The normalized spacial score (nSPS) is 22.6. The molecule has 3 nitrogen and oxygen atoms in total. The molecule has 0 amide bonds. The molecule has 102 valence electrons. The first-order valence-electron chi connectivity index (χ1n) is 7.12. The third-order valence-corrected chi connectivity index (χ3v) is 3.79.